The van der Waals surface area contributed by atoms with Crippen molar-refractivity contribution >= 4 is 50.5 Å². The Morgan fingerprint density at radius 3 is 2.77 bits per heavy atom. The number of rotatable bonds is 5. The summed E-state index contributed by atoms with van der Waals surface area (Å²) in [6.45, 7) is 2.41. The number of nitrogens with one attached hydrogen (secondary N) is 1. The van der Waals surface area contributed by atoms with Gasteiger partial charge in [0.25, 0.3) is 10.0 Å². The van der Waals surface area contributed by atoms with Crippen LogP contribution >= 0.6 is 34.5 Å². The first-order chi connectivity index (χ1) is 10.3. The van der Waals surface area contributed by atoms with E-state index in [4.69, 9.17) is 23.2 Å². The molecule has 1 fully saturated rings. The third-order valence-corrected chi connectivity index (χ3v) is 7.88. The van der Waals surface area contributed by atoms with Crippen molar-refractivity contribution in [2.75, 3.05) is 13.1 Å². The van der Waals surface area contributed by atoms with Gasteiger partial charge in [-0.05, 0) is 25.3 Å². The number of thiophene rings is 1. The third kappa shape index (κ3) is 4.14. The highest BCUT2D eigenvalue weighted by Gasteiger charge is 2.34. The lowest BCUT2D eigenvalue weighted by Gasteiger charge is -2.34. The van der Waals surface area contributed by atoms with Gasteiger partial charge in [0, 0.05) is 26.1 Å². The molecule has 1 N–H and O–H groups in total. The number of halogens is 2. The van der Waals surface area contributed by atoms with Crippen molar-refractivity contribution < 1.29 is 13.2 Å². The van der Waals surface area contributed by atoms with Crippen molar-refractivity contribution in [2.24, 2.45) is 0 Å². The average Bonchev–Trinajstić information content (AvgIpc) is 2.79. The Morgan fingerprint density at radius 2 is 2.18 bits per heavy atom. The highest BCUT2D eigenvalue weighted by atomic mass is 35.5. The van der Waals surface area contributed by atoms with Crippen LogP contribution in [0.3, 0.4) is 0 Å². The molecule has 1 aliphatic heterocycles. The lowest BCUT2D eigenvalue weighted by molar-refractivity contribution is -0.119. The summed E-state index contributed by atoms with van der Waals surface area (Å²) < 4.78 is 27.6. The number of amides is 1. The minimum Gasteiger partial charge on any atom is -0.356 e. The fraction of sp³-hybridized carbons (Fsp3) is 0.615. The van der Waals surface area contributed by atoms with E-state index in [1.165, 1.54) is 17.3 Å². The molecule has 1 aromatic rings. The number of nitrogens with zero attached hydrogens (tertiary/aromatic N) is 1. The molecular weight excluding hydrogens is 367 g/mol. The van der Waals surface area contributed by atoms with E-state index >= 15 is 0 Å². The van der Waals surface area contributed by atoms with Gasteiger partial charge in [-0.1, -0.05) is 29.6 Å². The predicted octanol–water partition coefficient (Wildman–Crippen LogP) is 3.12. The summed E-state index contributed by atoms with van der Waals surface area (Å²) in [6.07, 6.45) is 3.22. The molecule has 1 saturated heterocycles. The Bertz CT molecular complexity index is 626. The van der Waals surface area contributed by atoms with Gasteiger partial charge < -0.3 is 5.32 Å². The molecule has 2 heterocycles. The number of piperidine rings is 1. The molecule has 124 valence electrons. The Balaban J connectivity index is 2.16. The first-order valence-electron chi connectivity index (χ1n) is 7.03. The summed E-state index contributed by atoms with van der Waals surface area (Å²) in [5.74, 6) is -0.109. The topological polar surface area (TPSA) is 66.5 Å². The standard InChI is InChI=1S/C13H18Cl2N2O3S2/c1-9(18)16-6-5-10-4-2-3-7-17(10)22(19,20)12-8-11(14)13(15)21-12/h8,10H,2-7H2,1H3,(H,16,18)/t10-/m0/s1. The smallest absolute Gasteiger partial charge is 0.252 e. The molecule has 1 amide bonds. The number of carbonyl (C=O) groups excluding carboxylic acids is 1. The average molecular weight is 385 g/mol. The van der Waals surface area contributed by atoms with Crippen LogP contribution in [0.15, 0.2) is 10.3 Å². The summed E-state index contributed by atoms with van der Waals surface area (Å²) >= 11 is 12.7. The highest BCUT2D eigenvalue weighted by molar-refractivity contribution is 7.91. The summed E-state index contributed by atoms with van der Waals surface area (Å²) in [5.41, 5.74) is 0. The van der Waals surface area contributed by atoms with Gasteiger partial charge in [0.2, 0.25) is 5.91 Å². The SMILES string of the molecule is CC(=O)NCC[C@@H]1CCCCN1S(=O)(=O)c1cc(Cl)c(Cl)s1. The molecule has 1 atom stereocenters. The lowest BCUT2D eigenvalue weighted by Crippen LogP contribution is -2.44. The van der Waals surface area contributed by atoms with Crippen LogP contribution < -0.4 is 5.32 Å². The van der Waals surface area contributed by atoms with E-state index in [2.05, 4.69) is 5.32 Å². The molecule has 2 rings (SSSR count). The maximum atomic E-state index is 12.8. The van der Waals surface area contributed by atoms with Gasteiger partial charge in [-0.25, -0.2) is 8.42 Å². The summed E-state index contributed by atoms with van der Waals surface area (Å²) in [5, 5.41) is 2.98. The van der Waals surface area contributed by atoms with Gasteiger partial charge in [0.1, 0.15) is 8.55 Å². The van der Waals surface area contributed by atoms with Gasteiger partial charge in [0.05, 0.1) is 5.02 Å². The number of hydrogen-bond acceptors (Lipinski definition) is 4. The van der Waals surface area contributed by atoms with E-state index in [0.29, 0.717) is 19.5 Å². The van der Waals surface area contributed by atoms with E-state index in [0.717, 1.165) is 30.6 Å². The maximum Gasteiger partial charge on any atom is 0.252 e. The monoisotopic (exact) mass is 384 g/mol. The zero-order valence-electron chi connectivity index (χ0n) is 12.1. The molecule has 0 radical (unpaired) electrons. The van der Waals surface area contributed by atoms with Crippen molar-refractivity contribution in [3.8, 4) is 0 Å². The predicted molar refractivity (Wildman–Crippen MR) is 89.2 cm³/mol. The molecule has 1 aliphatic rings. The molecule has 0 saturated carbocycles. The van der Waals surface area contributed by atoms with E-state index in [1.807, 2.05) is 0 Å². The molecule has 0 aromatic carbocycles. The Labute approximate surface area is 144 Å². The maximum absolute atomic E-state index is 12.8. The van der Waals surface area contributed by atoms with Crippen molar-refractivity contribution in [1.29, 1.82) is 0 Å². The quantitative estimate of drug-likeness (QED) is 0.847. The van der Waals surface area contributed by atoms with Crippen LogP contribution in [-0.2, 0) is 14.8 Å². The molecule has 0 unspecified atom stereocenters. The van der Waals surface area contributed by atoms with Crippen molar-refractivity contribution in [1.82, 2.24) is 9.62 Å². The molecule has 0 spiro atoms. The second kappa shape index (κ2) is 7.49. The summed E-state index contributed by atoms with van der Waals surface area (Å²) in [6, 6.07) is 1.30. The largest absolute Gasteiger partial charge is 0.356 e. The van der Waals surface area contributed by atoms with E-state index in [9.17, 15) is 13.2 Å². The lowest BCUT2D eigenvalue weighted by atomic mass is 10.0. The normalized spacial score (nSPS) is 20.0. The van der Waals surface area contributed by atoms with Crippen LogP contribution in [0.5, 0.6) is 0 Å². The van der Waals surface area contributed by atoms with Crippen LogP contribution in [0.1, 0.15) is 32.6 Å². The van der Waals surface area contributed by atoms with E-state index in [1.54, 1.807) is 0 Å². The van der Waals surface area contributed by atoms with Crippen molar-refractivity contribution in [3.05, 3.63) is 15.4 Å². The molecule has 9 heteroatoms. The third-order valence-electron chi connectivity index (χ3n) is 3.61. The fourth-order valence-electron chi connectivity index (χ4n) is 2.56. The molecule has 0 aliphatic carbocycles. The Hall–Kier alpha value is -0.340. The molecule has 22 heavy (non-hydrogen) atoms. The summed E-state index contributed by atoms with van der Waals surface area (Å²) in [4.78, 5) is 11.0. The van der Waals surface area contributed by atoms with Gasteiger partial charge in [0.15, 0.2) is 0 Å². The van der Waals surface area contributed by atoms with Gasteiger partial charge in [-0.3, -0.25) is 4.79 Å². The van der Waals surface area contributed by atoms with Crippen LogP contribution in [0.2, 0.25) is 9.36 Å². The molecule has 1 aromatic heterocycles. The molecular formula is C13H18Cl2N2O3S2. The van der Waals surface area contributed by atoms with Crippen LogP contribution in [0, 0.1) is 0 Å². The number of sulfonamides is 1. The molecule has 5 nitrogen and oxygen atoms in total. The van der Waals surface area contributed by atoms with Crippen LogP contribution in [-0.4, -0.2) is 37.8 Å². The Kier molecular flexibility index (Phi) is 6.13. The zero-order valence-corrected chi connectivity index (χ0v) is 15.3. The zero-order chi connectivity index (χ0) is 16.3. The van der Waals surface area contributed by atoms with Crippen LogP contribution in [0.25, 0.3) is 0 Å². The van der Waals surface area contributed by atoms with E-state index in [-0.39, 0.29) is 25.5 Å². The second-order valence-electron chi connectivity index (χ2n) is 5.22. The van der Waals surface area contributed by atoms with Gasteiger partial charge >= 0.3 is 0 Å². The van der Waals surface area contributed by atoms with Crippen molar-refractivity contribution in [2.45, 2.75) is 42.9 Å². The second-order valence-corrected chi connectivity index (χ2v) is 9.40. The van der Waals surface area contributed by atoms with Gasteiger partial charge in [-0.15, -0.1) is 11.3 Å². The highest BCUT2D eigenvalue weighted by Crippen LogP contribution is 2.37. The first-order valence-corrected chi connectivity index (χ1v) is 10.0. The summed E-state index contributed by atoms with van der Waals surface area (Å²) in [7, 11) is -3.59. The van der Waals surface area contributed by atoms with Gasteiger partial charge in [-0.2, -0.15) is 4.31 Å². The first kappa shape index (κ1) is 18.0. The van der Waals surface area contributed by atoms with Crippen molar-refractivity contribution in [3.63, 3.8) is 0 Å². The van der Waals surface area contributed by atoms with Crippen LogP contribution in [0.4, 0.5) is 0 Å². The van der Waals surface area contributed by atoms with E-state index < -0.39 is 10.0 Å². The minimum atomic E-state index is -3.59. The fourth-order valence-corrected chi connectivity index (χ4v) is 6.30. The molecule has 0 bridgehead atoms. The number of hydrogen-bond donors (Lipinski definition) is 1. The minimum absolute atomic E-state index is 0.106. The Morgan fingerprint density at radius 1 is 1.45 bits per heavy atom. The number of carbonyl (C=O) groups is 1.